The van der Waals surface area contributed by atoms with E-state index in [4.69, 9.17) is 5.21 Å². The summed E-state index contributed by atoms with van der Waals surface area (Å²) in [7, 11) is 0. The van der Waals surface area contributed by atoms with E-state index in [1.54, 1.807) is 19.9 Å². The summed E-state index contributed by atoms with van der Waals surface area (Å²) >= 11 is 0. The third-order valence-electron chi connectivity index (χ3n) is 1.79. The molecule has 4 heteroatoms. The predicted octanol–water partition coefficient (Wildman–Crippen LogP) is 2.15. The molecule has 0 bridgehead atoms. The summed E-state index contributed by atoms with van der Waals surface area (Å²) in [6.07, 6.45) is 0. The number of aromatic hydroxyl groups is 1. The van der Waals surface area contributed by atoms with Crippen LogP contribution in [0.5, 0.6) is 5.75 Å². The number of phenols is 1. The SMILES string of the molecule is CC.Cc1cc(C)c(O)c(C(=O)NO)c1. The van der Waals surface area contributed by atoms with Gasteiger partial charge >= 0.3 is 0 Å². The molecule has 15 heavy (non-hydrogen) atoms. The number of hydroxylamine groups is 1. The van der Waals surface area contributed by atoms with Gasteiger partial charge in [-0.05, 0) is 31.0 Å². The third-order valence-corrected chi connectivity index (χ3v) is 1.79. The number of carbonyl (C=O) groups is 1. The number of benzene rings is 1. The van der Waals surface area contributed by atoms with Gasteiger partial charge in [0.2, 0.25) is 0 Å². The highest BCUT2D eigenvalue weighted by molar-refractivity contribution is 5.96. The van der Waals surface area contributed by atoms with Crippen molar-refractivity contribution in [3.05, 3.63) is 28.8 Å². The van der Waals surface area contributed by atoms with Crippen LogP contribution >= 0.6 is 0 Å². The van der Waals surface area contributed by atoms with Crippen LogP contribution in [0, 0.1) is 13.8 Å². The van der Waals surface area contributed by atoms with Gasteiger partial charge in [0.15, 0.2) is 0 Å². The van der Waals surface area contributed by atoms with Crippen LogP contribution in [0.4, 0.5) is 0 Å². The topological polar surface area (TPSA) is 69.6 Å². The van der Waals surface area contributed by atoms with Gasteiger partial charge in [0.05, 0.1) is 5.56 Å². The minimum absolute atomic E-state index is 0.0833. The largest absolute Gasteiger partial charge is 0.507 e. The predicted molar refractivity (Wildman–Crippen MR) is 58.2 cm³/mol. The van der Waals surface area contributed by atoms with Crippen molar-refractivity contribution in [2.24, 2.45) is 0 Å². The molecule has 0 atom stereocenters. The number of hydrogen-bond donors (Lipinski definition) is 3. The summed E-state index contributed by atoms with van der Waals surface area (Å²) in [5.74, 6) is -0.804. The van der Waals surface area contributed by atoms with E-state index < -0.39 is 5.91 Å². The molecule has 1 aromatic rings. The number of phenolic OH excluding ortho intramolecular Hbond substituents is 1. The molecule has 0 saturated carbocycles. The Morgan fingerprint density at radius 2 is 1.80 bits per heavy atom. The first-order valence-corrected chi connectivity index (χ1v) is 4.81. The third kappa shape index (κ3) is 3.25. The van der Waals surface area contributed by atoms with Crippen molar-refractivity contribution < 1.29 is 15.1 Å². The summed E-state index contributed by atoms with van der Waals surface area (Å²) in [4.78, 5) is 11.0. The van der Waals surface area contributed by atoms with E-state index in [-0.39, 0.29) is 11.3 Å². The van der Waals surface area contributed by atoms with Crippen LogP contribution in [0.2, 0.25) is 0 Å². The fourth-order valence-electron chi connectivity index (χ4n) is 1.19. The molecule has 1 amide bonds. The van der Waals surface area contributed by atoms with Crippen molar-refractivity contribution in [1.82, 2.24) is 5.48 Å². The first kappa shape index (κ1) is 13.4. The highest BCUT2D eigenvalue weighted by Crippen LogP contribution is 2.23. The maximum Gasteiger partial charge on any atom is 0.278 e. The van der Waals surface area contributed by atoms with Gasteiger partial charge in [0.1, 0.15) is 5.75 Å². The monoisotopic (exact) mass is 211 g/mol. The Hall–Kier alpha value is -1.55. The first-order valence-electron chi connectivity index (χ1n) is 4.81. The molecular weight excluding hydrogens is 194 g/mol. The van der Waals surface area contributed by atoms with Gasteiger partial charge in [-0.15, -0.1) is 0 Å². The second kappa shape index (κ2) is 6.03. The van der Waals surface area contributed by atoms with E-state index in [1.807, 2.05) is 13.8 Å². The summed E-state index contributed by atoms with van der Waals surface area (Å²) < 4.78 is 0. The molecule has 0 unspecified atom stereocenters. The zero-order valence-corrected chi connectivity index (χ0v) is 9.46. The highest BCUT2D eigenvalue weighted by Gasteiger charge is 2.12. The van der Waals surface area contributed by atoms with Gasteiger partial charge in [0, 0.05) is 0 Å². The minimum atomic E-state index is -0.704. The Balaban J connectivity index is 0.000000921. The van der Waals surface area contributed by atoms with Crippen molar-refractivity contribution >= 4 is 5.91 Å². The molecule has 0 fully saturated rings. The zero-order valence-electron chi connectivity index (χ0n) is 9.46. The average molecular weight is 211 g/mol. The smallest absolute Gasteiger partial charge is 0.278 e. The van der Waals surface area contributed by atoms with Crippen molar-refractivity contribution in [2.45, 2.75) is 27.7 Å². The van der Waals surface area contributed by atoms with E-state index in [1.165, 1.54) is 11.5 Å². The second-order valence-corrected chi connectivity index (χ2v) is 2.92. The molecule has 1 aromatic carbocycles. The number of aryl methyl sites for hydroxylation is 2. The molecule has 84 valence electrons. The standard InChI is InChI=1S/C9H11NO3.C2H6/c1-5-3-6(2)8(11)7(4-5)9(12)10-13;1-2/h3-4,11,13H,1-2H3,(H,10,12);1-2H3. The van der Waals surface area contributed by atoms with Crippen molar-refractivity contribution in [3.8, 4) is 5.75 Å². The number of hydrogen-bond acceptors (Lipinski definition) is 3. The molecule has 0 aliphatic carbocycles. The fraction of sp³-hybridized carbons (Fsp3) is 0.364. The molecule has 0 radical (unpaired) electrons. The van der Waals surface area contributed by atoms with Crippen LogP contribution in [0.15, 0.2) is 12.1 Å². The molecule has 0 aliphatic rings. The van der Waals surface area contributed by atoms with Gasteiger partial charge in [-0.1, -0.05) is 19.9 Å². The number of rotatable bonds is 1. The van der Waals surface area contributed by atoms with Crippen LogP contribution < -0.4 is 5.48 Å². The Morgan fingerprint density at radius 3 is 2.27 bits per heavy atom. The van der Waals surface area contributed by atoms with E-state index >= 15 is 0 Å². The average Bonchev–Trinajstić information content (AvgIpc) is 2.25. The van der Waals surface area contributed by atoms with Gasteiger partial charge in [-0.3, -0.25) is 10.0 Å². The Bertz CT molecular complexity index is 348. The Morgan fingerprint density at radius 1 is 1.27 bits per heavy atom. The second-order valence-electron chi connectivity index (χ2n) is 2.92. The van der Waals surface area contributed by atoms with Crippen molar-refractivity contribution in [3.63, 3.8) is 0 Å². The molecule has 0 spiro atoms. The maximum absolute atomic E-state index is 11.0. The van der Waals surface area contributed by atoms with E-state index in [9.17, 15) is 9.90 Å². The van der Waals surface area contributed by atoms with E-state index in [0.717, 1.165) is 5.56 Å². The minimum Gasteiger partial charge on any atom is -0.507 e. The maximum atomic E-state index is 11.0. The molecule has 4 nitrogen and oxygen atoms in total. The molecular formula is C11H17NO3. The first-order chi connectivity index (χ1) is 7.06. The number of amides is 1. The fourth-order valence-corrected chi connectivity index (χ4v) is 1.19. The van der Waals surface area contributed by atoms with Crippen LogP contribution in [0.25, 0.3) is 0 Å². The lowest BCUT2D eigenvalue weighted by molar-refractivity contribution is 0.0703. The van der Waals surface area contributed by atoms with Crippen LogP contribution in [0.1, 0.15) is 35.3 Å². The zero-order chi connectivity index (χ0) is 12.0. The molecule has 0 aromatic heterocycles. The quantitative estimate of drug-likeness (QED) is 0.492. The van der Waals surface area contributed by atoms with E-state index in [2.05, 4.69) is 0 Å². The van der Waals surface area contributed by atoms with Gasteiger partial charge in [-0.2, -0.15) is 0 Å². The number of carbonyl (C=O) groups excluding carboxylic acids is 1. The lowest BCUT2D eigenvalue weighted by atomic mass is 10.1. The Kier molecular flexibility index (Phi) is 5.41. The van der Waals surface area contributed by atoms with Gasteiger partial charge < -0.3 is 5.11 Å². The highest BCUT2D eigenvalue weighted by atomic mass is 16.5. The summed E-state index contributed by atoms with van der Waals surface area (Å²) in [6, 6.07) is 3.26. The summed E-state index contributed by atoms with van der Waals surface area (Å²) in [6.45, 7) is 7.50. The molecule has 3 N–H and O–H groups in total. The molecule has 0 saturated heterocycles. The van der Waals surface area contributed by atoms with Gasteiger partial charge in [0.25, 0.3) is 5.91 Å². The molecule has 1 rings (SSSR count). The number of nitrogens with one attached hydrogen (secondary N) is 1. The van der Waals surface area contributed by atoms with Crippen molar-refractivity contribution in [2.75, 3.05) is 0 Å². The normalized spacial score (nSPS) is 8.87. The van der Waals surface area contributed by atoms with Crippen LogP contribution in [0.3, 0.4) is 0 Å². The lowest BCUT2D eigenvalue weighted by Gasteiger charge is -2.06. The van der Waals surface area contributed by atoms with Crippen LogP contribution in [-0.2, 0) is 0 Å². The van der Waals surface area contributed by atoms with Gasteiger partial charge in [-0.25, -0.2) is 5.48 Å². The molecule has 0 aliphatic heterocycles. The van der Waals surface area contributed by atoms with Crippen molar-refractivity contribution in [1.29, 1.82) is 0 Å². The summed E-state index contributed by atoms with van der Waals surface area (Å²) in [5.41, 5.74) is 3.03. The Labute approximate surface area is 89.5 Å². The van der Waals surface area contributed by atoms with Crippen LogP contribution in [-0.4, -0.2) is 16.2 Å². The molecule has 0 heterocycles. The van der Waals surface area contributed by atoms with E-state index in [0.29, 0.717) is 5.56 Å². The lowest BCUT2D eigenvalue weighted by Crippen LogP contribution is -2.19. The summed E-state index contributed by atoms with van der Waals surface area (Å²) in [5, 5.41) is 17.8.